The number of piperidine rings is 1. The van der Waals surface area contributed by atoms with Crippen LogP contribution in [0.3, 0.4) is 0 Å². The van der Waals surface area contributed by atoms with E-state index in [2.05, 4.69) is 34.4 Å². The minimum atomic E-state index is -0.616. The Labute approximate surface area is 238 Å². The molecule has 2 aliphatic carbocycles. The van der Waals surface area contributed by atoms with Gasteiger partial charge in [-0.2, -0.15) is 0 Å². The maximum atomic E-state index is 12.1. The lowest BCUT2D eigenvalue weighted by molar-refractivity contribution is -0.151. The number of nitrogens with two attached hydrogens (primary N) is 1. The molecular weight excluding hydrogens is 508 g/mol. The number of phenolic OH excluding ortho intramolecular Hbond substituents is 1. The molecule has 1 aliphatic heterocycles. The summed E-state index contributed by atoms with van der Waals surface area (Å²) in [7, 11) is 1.65. The van der Waals surface area contributed by atoms with Crippen molar-refractivity contribution in [3.8, 4) is 23.3 Å². The van der Waals surface area contributed by atoms with Crippen molar-refractivity contribution < 1.29 is 24.5 Å². The van der Waals surface area contributed by atoms with Crippen LogP contribution in [0.15, 0.2) is 23.2 Å². The molecule has 4 rings (SSSR count). The third-order valence-corrected chi connectivity index (χ3v) is 9.03. The summed E-state index contributed by atoms with van der Waals surface area (Å²) >= 11 is 0. The number of esters is 1. The van der Waals surface area contributed by atoms with Crippen molar-refractivity contribution >= 4 is 11.9 Å². The van der Waals surface area contributed by atoms with E-state index in [1.54, 1.807) is 13.1 Å². The number of carbonyl (C=O) groups excluding carboxylic acids is 1. The van der Waals surface area contributed by atoms with Gasteiger partial charge in [0, 0.05) is 39.3 Å². The zero-order valence-electron chi connectivity index (χ0n) is 24.1. The summed E-state index contributed by atoms with van der Waals surface area (Å²) in [5.74, 6) is 7.92. The molecular formula is C31H46N4O5. The molecule has 1 aromatic rings. The fraction of sp³-hybridized carbons (Fsp3) is 0.677. The first-order valence-corrected chi connectivity index (χ1v) is 14.7. The highest BCUT2D eigenvalue weighted by Gasteiger charge is 2.44. The highest BCUT2D eigenvalue weighted by molar-refractivity contribution is 5.77. The molecule has 6 N–H and O–H groups in total. The number of nitrogens with one attached hydrogen (secondary N) is 2. The van der Waals surface area contributed by atoms with Crippen LogP contribution in [0.4, 0.5) is 0 Å². The van der Waals surface area contributed by atoms with E-state index >= 15 is 0 Å². The lowest BCUT2D eigenvalue weighted by Crippen LogP contribution is -2.48. The third kappa shape index (κ3) is 7.61. The number of phenols is 1. The Balaban J connectivity index is 1.62. The molecule has 1 saturated carbocycles. The Morgan fingerprint density at radius 1 is 1.27 bits per heavy atom. The molecule has 0 aromatic heterocycles. The van der Waals surface area contributed by atoms with E-state index in [4.69, 9.17) is 15.2 Å². The number of aromatic hydroxyl groups is 1. The van der Waals surface area contributed by atoms with Gasteiger partial charge in [-0.25, -0.2) is 0 Å². The average molecular weight is 555 g/mol. The van der Waals surface area contributed by atoms with Crippen LogP contribution in [0.1, 0.15) is 64.4 Å². The molecule has 1 saturated heterocycles. The molecule has 220 valence electrons. The van der Waals surface area contributed by atoms with Gasteiger partial charge in [-0.05, 0) is 81.1 Å². The van der Waals surface area contributed by atoms with Crippen molar-refractivity contribution in [3.63, 3.8) is 0 Å². The first-order valence-electron chi connectivity index (χ1n) is 14.7. The van der Waals surface area contributed by atoms with Crippen LogP contribution in [0.2, 0.25) is 0 Å². The number of aliphatic hydroxyl groups is 1. The predicted molar refractivity (Wildman–Crippen MR) is 155 cm³/mol. The van der Waals surface area contributed by atoms with Crippen molar-refractivity contribution in [2.75, 3.05) is 26.7 Å². The molecule has 3 aliphatic rings. The fourth-order valence-electron chi connectivity index (χ4n) is 6.48. The van der Waals surface area contributed by atoms with Crippen LogP contribution >= 0.6 is 0 Å². The lowest BCUT2D eigenvalue weighted by atomic mass is 9.61. The molecule has 2 bridgehead atoms. The fourth-order valence-corrected chi connectivity index (χ4v) is 6.48. The number of guanidine groups is 1. The molecule has 1 aromatic carbocycles. The van der Waals surface area contributed by atoms with E-state index in [1.807, 2.05) is 12.1 Å². The van der Waals surface area contributed by atoms with E-state index in [-0.39, 0.29) is 35.1 Å². The number of rotatable bonds is 7. The van der Waals surface area contributed by atoms with E-state index < -0.39 is 12.2 Å². The summed E-state index contributed by atoms with van der Waals surface area (Å²) in [6.45, 7) is 6.00. The Morgan fingerprint density at radius 3 is 2.77 bits per heavy atom. The lowest BCUT2D eigenvalue weighted by Gasteiger charge is -2.45. The molecule has 1 heterocycles. The summed E-state index contributed by atoms with van der Waals surface area (Å²) in [5, 5.41) is 28.5. The molecule has 0 radical (unpaired) electrons. The molecule has 2 fully saturated rings. The highest BCUT2D eigenvalue weighted by atomic mass is 16.5. The van der Waals surface area contributed by atoms with Crippen molar-refractivity contribution in [3.05, 3.63) is 23.8 Å². The van der Waals surface area contributed by atoms with Crippen molar-refractivity contribution in [1.29, 1.82) is 0 Å². The SMILES string of the molecule is CN=C(N)NCC12C#CCC(Cc3ccc(O)c(OC4CCNCC4)c3)C(OC(C)=O)CC(O)C(CCC1C)C2. The summed E-state index contributed by atoms with van der Waals surface area (Å²) in [6.07, 6.45) is 4.79. The van der Waals surface area contributed by atoms with E-state index in [0.717, 1.165) is 50.8 Å². The Bertz CT molecular complexity index is 1110. The summed E-state index contributed by atoms with van der Waals surface area (Å²) < 4.78 is 12.0. The number of benzene rings is 1. The second kappa shape index (κ2) is 13.6. The standard InChI is InChI=1S/C31H46N4O5/c1-20-6-8-24-18-31(20,19-35-30(32)33-3)12-4-5-23(28(17-27(24)38)39-21(2)36)15-22-7-9-26(37)29(16-22)40-25-10-13-34-14-11-25/h7,9,16,20,23-25,27-28,34,37-38H,5-6,8,10-11,13-15,17-19H2,1-3H3,(H3,32,33,35). The minimum absolute atomic E-state index is 0.0440. The van der Waals surface area contributed by atoms with Gasteiger partial charge >= 0.3 is 5.97 Å². The number of ether oxygens (including phenoxy) is 2. The number of hydrogen-bond acceptors (Lipinski definition) is 7. The van der Waals surface area contributed by atoms with Gasteiger partial charge in [0.05, 0.1) is 11.5 Å². The van der Waals surface area contributed by atoms with Crippen molar-refractivity contribution in [1.82, 2.24) is 10.6 Å². The summed E-state index contributed by atoms with van der Waals surface area (Å²) in [5.41, 5.74) is 6.60. The van der Waals surface area contributed by atoms with Gasteiger partial charge < -0.3 is 36.1 Å². The first kappa shape index (κ1) is 30.0. The maximum absolute atomic E-state index is 12.1. The average Bonchev–Trinajstić information content (AvgIpc) is 2.93. The number of carbonyl (C=O) groups is 1. The Hall–Kier alpha value is -2.96. The number of aliphatic hydroxyl groups excluding tert-OH is 1. The first-order chi connectivity index (χ1) is 19.2. The van der Waals surface area contributed by atoms with Crippen molar-refractivity contribution in [2.45, 2.75) is 83.5 Å². The van der Waals surface area contributed by atoms with Gasteiger partial charge in [0.25, 0.3) is 0 Å². The molecule has 9 heteroatoms. The number of fused-ring (bicyclic) bond motifs is 2. The van der Waals surface area contributed by atoms with Gasteiger partial charge in [0.2, 0.25) is 0 Å². The van der Waals surface area contributed by atoms with Crippen LogP contribution in [-0.4, -0.2) is 67.1 Å². The van der Waals surface area contributed by atoms with E-state index in [9.17, 15) is 15.0 Å². The molecule has 0 amide bonds. The minimum Gasteiger partial charge on any atom is -0.504 e. The topological polar surface area (TPSA) is 138 Å². The highest BCUT2D eigenvalue weighted by Crippen LogP contribution is 2.46. The zero-order valence-corrected chi connectivity index (χ0v) is 24.1. The van der Waals surface area contributed by atoms with Crippen molar-refractivity contribution in [2.24, 2.45) is 33.9 Å². The Morgan fingerprint density at radius 2 is 2.05 bits per heavy atom. The van der Waals surface area contributed by atoms with Gasteiger partial charge in [-0.3, -0.25) is 9.79 Å². The van der Waals surface area contributed by atoms with E-state index in [0.29, 0.717) is 43.4 Å². The molecule has 6 atom stereocenters. The van der Waals surface area contributed by atoms with Crippen LogP contribution in [0.5, 0.6) is 11.5 Å². The maximum Gasteiger partial charge on any atom is 0.302 e. The van der Waals surface area contributed by atoms with Gasteiger partial charge in [0.1, 0.15) is 12.2 Å². The summed E-state index contributed by atoms with van der Waals surface area (Å²) in [4.78, 5) is 16.2. The number of aliphatic imine (C=N–C) groups is 1. The van der Waals surface area contributed by atoms with Gasteiger partial charge in [0.15, 0.2) is 17.5 Å². The van der Waals surface area contributed by atoms with Gasteiger partial charge in [-0.15, -0.1) is 5.92 Å². The second-order valence-electron chi connectivity index (χ2n) is 11.9. The van der Waals surface area contributed by atoms with Crippen LogP contribution in [-0.2, 0) is 16.0 Å². The number of hydrogen-bond donors (Lipinski definition) is 5. The van der Waals surface area contributed by atoms with Gasteiger partial charge in [-0.1, -0.05) is 18.9 Å². The van der Waals surface area contributed by atoms with E-state index in [1.165, 1.54) is 6.92 Å². The third-order valence-electron chi connectivity index (χ3n) is 9.03. The van der Waals surface area contributed by atoms with Crippen LogP contribution in [0, 0.1) is 35.0 Å². The Kier molecular flexibility index (Phi) is 10.2. The monoisotopic (exact) mass is 554 g/mol. The number of nitrogens with zero attached hydrogens (tertiary/aromatic N) is 1. The summed E-state index contributed by atoms with van der Waals surface area (Å²) in [6, 6.07) is 5.44. The normalized spacial score (nSPS) is 31.4. The van der Waals surface area contributed by atoms with Crippen LogP contribution < -0.4 is 21.1 Å². The largest absolute Gasteiger partial charge is 0.504 e. The quantitative estimate of drug-likeness (QED) is 0.150. The molecule has 6 unspecified atom stereocenters. The molecule has 40 heavy (non-hydrogen) atoms. The predicted octanol–water partition coefficient (Wildman–Crippen LogP) is 2.73. The smallest absolute Gasteiger partial charge is 0.302 e. The molecule has 9 nitrogen and oxygen atoms in total. The molecule has 0 spiro atoms. The zero-order chi connectivity index (χ0) is 28.7. The second-order valence-corrected chi connectivity index (χ2v) is 11.9. The van der Waals surface area contributed by atoms with Crippen LogP contribution in [0.25, 0.3) is 0 Å².